The van der Waals surface area contributed by atoms with Crippen molar-refractivity contribution in [3.8, 4) is 0 Å². The van der Waals surface area contributed by atoms with Crippen LogP contribution in [-0.4, -0.2) is 266 Å². The zero-order valence-corrected chi connectivity index (χ0v) is 42.4. The molecule has 5 fully saturated rings. The molecule has 30 nitrogen and oxygen atoms in total. The molecule has 5 aliphatic heterocycles. The minimum atomic E-state index is -2.00. The minimum Gasteiger partial charge on any atom is -0.394 e. The zero-order valence-electron chi connectivity index (χ0n) is 42.4. The Hall–Kier alpha value is -5.25. The molecule has 0 spiro atoms. The Morgan fingerprint density at radius 2 is 1.28 bits per heavy atom. The van der Waals surface area contributed by atoms with Crippen LogP contribution >= 0.6 is 0 Å². The number of carbonyl (C=O) groups is 9. The molecule has 0 aromatic carbocycles. The summed E-state index contributed by atoms with van der Waals surface area (Å²) in [7, 11) is 1.75. The van der Waals surface area contributed by atoms with E-state index in [1.807, 2.05) is 4.90 Å². The van der Waals surface area contributed by atoms with Crippen LogP contribution in [0.1, 0.15) is 66.2 Å². The third kappa shape index (κ3) is 14.8. The highest BCUT2D eigenvalue weighted by Gasteiger charge is 2.53. The first-order chi connectivity index (χ1) is 35.4. The molecule has 75 heavy (non-hydrogen) atoms. The number of likely N-dealkylation sites (N-methyl/N-ethyl adjacent to an activating group) is 1. The predicted octanol–water partition coefficient (Wildman–Crippen LogP) is -9.19. The summed E-state index contributed by atoms with van der Waals surface area (Å²) in [5.41, 5.74) is 5.31. The van der Waals surface area contributed by atoms with Gasteiger partial charge in [-0.15, -0.1) is 0 Å². The smallest absolute Gasteiger partial charge is 0.246 e. The second-order valence-electron chi connectivity index (χ2n) is 19.5. The van der Waals surface area contributed by atoms with Gasteiger partial charge in [0.15, 0.2) is 12.6 Å². The van der Waals surface area contributed by atoms with E-state index in [-0.39, 0.29) is 25.9 Å². The van der Waals surface area contributed by atoms with Crippen LogP contribution in [0.25, 0.3) is 0 Å². The average Bonchev–Trinajstić information content (AvgIpc) is 4.17. The van der Waals surface area contributed by atoms with Crippen molar-refractivity contribution in [2.45, 2.75) is 176 Å². The molecule has 15 N–H and O–H groups in total. The van der Waals surface area contributed by atoms with Gasteiger partial charge in [0.1, 0.15) is 85.0 Å². The van der Waals surface area contributed by atoms with E-state index < -0.39 is 189 Å². The van der Waals surface area contributed by atoms with E-state index in [2.05, 4.69) is 31.9 Å². The first-order valence-corrected chi connectivity index (χ1v) is 25.0. The van der Waals surface area contributed by atoms with Crippen molar-refractivity contribution in [1.82, 2.24) is 46.6 Å². The molecule has 5 aliphatic rings. The fourth-order valence-electron chi connectivity index (χ4n) is 9.75. The number of likely N-dealkylation sites (tertiary alicyclic amines) is 3. The van der Waals surface area contributed by atoms with Crippen LogP contribution in [0.2, 0.25) is 0 Å². The summed E-state index contributed by atoms with van der Waals surface area (Å²) in [5, 5.41) is 87.9. The lowest BCUT2D eigenvalue weighted by atomic mass is 9.95. The summed E-state index contributed by atoms with van der Waals surface area (Å²) < 4.78 is 23.4. The molecule has 9 amide bonds. The molecule has 18 atom stereocenters. The number of hydrogen-bond acceptors (Lipinski definition) is 21. The first-order valence-electron chi connectivity index (χ1n) is 25.0. The first kappa shape index (κ1) is 60.6. The molecule has 424 valence electrons. The van der Waals surface area contributed by atoms with Crippen LogP contribution in [0.4, 0.5) is 0 Å². The van der Waals surface area contributed by atoms with Gasteiger partial charge in [0.05, 0.1) is 38.5 Å². The Bertz CT molecular complexity index is 2060. The Morgan fingerprint density at radius 1 is 0.680 bits per heavy atom. The monoisotopic (exact) mass is 1070 g/mol. The van der Waals surface area contributed by atoms with Crippen LogP contribution in [0, 0.1) is 0 Å². The maximum atomic E-state index is 14.5. The maximum absolute atomic E-state index is 14.5. The SMILES string of the molecule is CC(=O)NC1[C@H](OC(C)C(NC(=O)C(CO)NC(=O)CNC(=O)C2CCCN2C)C(=O)NC(C)C(=O)N2CCCC2C(=O)N2CCCC2C(=O)NC(C)C(N)=O)OC(CO)[C@H](O)[C@@H]1O[C@@H]1OC(CO)[C@H](O)[C@H](O)C1O. The van der Waals surface area contributed by atoms with Crippen molar-refractivity contribution < 1.29 is 97.8 Å². The Labute approximate surface area is 431 Å². The summed E-state index contributed by atoms with van der Waals surface area (Å²) in [6.45, 7) is 2.46. The lowest BCUT2D eigenvalue weighted by Gasteiger charge is -2.48. The molecule has 5 saturated heterocycles. The number of carbonyl (C=O) groups excluding carboxylic acids is 9. The summed E-state index contributed by atoms with van der Waals surface area (Å²) in [6, 6.07) is -10.3. The predicted molar refractivity (Wildman–Crippen MR) is 252 cm³/mol. The van der Waals surface area contributed by atoms with E-state index in [0.29, 0.717) is 25.8 Å². The van der Waals surface area contributed by atoms with E-state index >= 15 is 0 Å². The van der Waals surface area contributed by atoms with Gasteiger partial charge in [-0.25, -0.2) is 0 Å². The minimum absolute atomic E-state index is 0.0715. The van der Waals surface area contributed by atoms with Crippen LogP contribution in [0.5, 0.6) is 0 Å². The van der Waals surface area contributed by atoms with E-state index in [0.717, 1.165) is 13.3 Å². The number of rotatable bonds is 22. The number of nitrogens with one attached hydrogen (secondary N) is 6. The molecule has 0 radical (unpaired) electrons. The molecule has 0 aromatic heterocycles. The molecule has 0 bridgehead atoms. The highest BCUT2D eigenvalue weighted by atomic mass is 16.7. The van der Waals surface area contributed by atoms with Crippen molar-refractivity contribution in [2.24, 2.45) is 5.73 Å². The molecule has 0 aliphatic carbocycles. The van der Waals surface area contributed by atoms with Crippen molar-refractivity contribution in [3.05, 3.63) is 0 Å². The second-order valence-corrected chi connectivity index (χ2v) is 19.5. The lowest BCUT2D eigenvalue weighted by Crippen LogP contribution is -2.69. The third-order valence-corrected chi connectivity index (χ3v) is 14.0. The van der Waals surface area contributed by atoms with Gasteiger partial charge < -0.3 is 102 Å². The Morgan fingerprint density at radius 3 is 1.88 bits per heavy atom. The fourth-order valence-corrected chi connectivity index (χ4v) is 9.75. The van der Waals surface area contributed by atoms with Crippen LogP contribution in [-0.2, 0) is 62.1 Å². The summed E-state index contributed by atoms with van der Waals surface area (Å²) in [6.07, 6.45) is -15.2. The summed E-state index contributed by atoms with van der Waals surface area (Å²) in [5.74, 6) is -7.11. The number of nitrogens with zero attached hydrogens (tertiary/aromatic N) is 3. The van der Waals surface area contributed by atoms with Crippen LogP contribution in [0.15, 0.2) is 0 Å². The van der Waals surface area contributed by atoms with Crippen molar-refractivity contribution in [2.75, 3.05) is 53.0 Å². The lowest BCUT2D eigenvalue weighted by molar-refractivity contribution is -0.347. The molecule has 5 heterocycles. The summed E-state index contributed by atoms with van der Waals surface area (Å²) >= 11 is 0. The largest absolute Gasteiger partial charge is 0.394 e. The number of hydrogen-bond donors (Lipinski definition) is 14. The molecule has 12 unspecified atom stereocenters. The topological polar surface area (TPSA) is 440 Å². The average molecular weight is 1080 g/mol. The van der Waals surface area contributed by atoms with Gasteiger partial charge in [-0.05, 0) is 72.9 Å². The van der Waals surface area contributed by atoms with Crippen molar-refractivity contribution >= 4 is 53.2 Å². The molecular weight excluding hydrogens is 1000 g/mol. The van der Waals surface area contributed by atoms with Gasteiger partial charge in [-0.2, -0.15) is 0 Å². The van der Waals surface area contributed by atoms with Gasteiger partial charge in [-0.1, -0.05) is 0 Å². The van der Waals surface area contributed by atoms with Crippen LogP contribution < -0.4 is 37.6 Å². The van der Waals surface area contributed by atoms with E-state index in [1.54, 1.807) is 7.05 Å². The zero-order chi connectivity index (χ0) is 55.6. The molecule has 0 aromatic rings. The second kappa shape index (κ2) is 27.2. The number of ether oxygens (including phenoxy) is 4. The molecule has 30 heteroatoms. The highest BCUT2D eigenvalue weighted by Crippen LogP contribution is 2.31. The Balaban J connectivity index is 1.38. The number of aliphatic hydroxyl groups is 7. The maximum Gasteiger partial charge on any atom is 0.246 e. The highest BCUT2D eigenvalue weighted by molar-refractivity contribution is 5.98. The van der Waals surface area contributed by atoms with Gasteiger partial charge >= 0.3 is 0 Å². The van der Waals surface area contributed by atoms with Gasteiger partial charge in [-0.3, -0.25) is 48.1 Å². The molecule has 5 rings (SSSR count). The van der Waals surface area contributed by atoms with Crippen molar-refractivity contribution in [3.63, 3.8) is 0 Å². The van der Waals surface area contributed by atoms with Gasteiger partial charge in [0, 0.05) is 20.0 Å². The van der Waals surface area contributed by atoms with E-state index in [1.165, 1.54) is 30.6 Å². The third-order valence-electron chi connectivity index (χ3n) is 14.0. The normalized spacial score (nSPS) is 32.0. The van der Waals surface area contributed by atoms with E-state index in [4.69, 9.17) is 24.7 Å². The molecular formula is C45H74N10O20. The molecule has 0 saturated carbocycles. The van der Waals surface area contributed by atoms with Gasteiger partial charge in [0.2, 0.25) is 53.2 Å². The van der Waals surface area contributed by atoms with Crippen LogP contribution in [0.3, 0.4) is 0 Å². The number of primary amides is 1. The number of nitrogens with two attached hydrogens (primary N) is 1. The standard InChI is InChI=1S/C45H74N10O20/c1-19(37(46)65)48-40(68)25-10-7-13-54(25)43(71)26-11-8-14-55(26)42(70)20(2)49-41(69)30(52-38(66)23(16-56)51-29(60)15-47-39(67)24-9-6-12-53(24)5)21(3)72-44-31(50-22(4)59)36(33(62)28(18-58)73-44)75-45-35(64)34(63)32(61)27(17-57)74-45/h19-21,23-28,30-36,44-45,56-58,61-64H,6-18H2,1-5H3,(H2,46,65)(H,47,67)(H,48,68)(H,49,69)(H,50,59)(H,51,60)(H,52,66)/t19?,20?,21?,23?,24?,25?,26?,27?,28?,30?,31?,32-,33-,34-,35?,36+,44+,45-/m0/s1. The van der Waals surface area contributed by atoms with Gasteiger partial charge in [0.25, 0.3) is 0 Å². The number of amides is 9. The quantitative estimate of drug-likeness (QED) is 0.0479. The summed E-state index contributed by atoms with van der Waals surface area (Å²) in [4.78, 5) is 124. The van der Waals surface area contributed by atoms with E-state index in [9.17, 15) is 78.9 Å². The van der Waals surface area contributed by atoms with Crippen molar-refractivity contribution in [1.29, 1.82) is 0 Å². The Kier molecular flexibility index (Phi) is 22.0. The number of aliphatic hydroxyl groups excluding tert-OH is 7. The fraction of sp³-hybridized carbons (Fsp3) is 0.800.